The van der Waals surface area contributed by atoms with Crippen molar-refractivity contribution in [2.45, 2.75) is 26.3 Å². The van der Waals surface area contributed by atoms with Crippen LogP contribution in [0.3, 0.4) is 0 Å². The summed E-state index contributed by atoms with van der Waals surface area (Å²) >= 11 is 0. The van der Waals surface area contributed by atoms with Gasteiger partial charge in [-0.3, -0.25) is 9.89 Å². The number of amides is 1. The summed E-state index contributed by atoms with van der Waals surface area (Å²) < 4.78 is 0. The number of nitrogens with zero attached hydrogens (tertiary/aromatic N) is 1. The van der Waals surface area contributed by atoms with E-state index < -0.39 is 5.54 Å². The van der Waals surface area contributed by atoms with Gasteiger partial charge in [-0.05, 0) is 26.3 Å². The summed E-state index contributed by atoms with van der Waals surface area (Å²) in [6.45, 7) is 5.97. The first kappa shape index (κ1) is 10.7. The Bertz CT molecular complexity index is 329. The summed E-state index contributed by atoms with van der Waals surface area (Å²) in [7, 11) is 0. The molecule has 0 spiro atoms. The predicted octanol–water partition coefficient (Wildman–Crippen LogP) is 0.185. The third-order valence-corrected chi connectivity index (χ3v) is 2.02. The number of aromatic amines is 1. The summed E-state index contributed by atoms with van der Waals surface area (Å²) in [6, 6.07) is 0. The van der Waals surface area contributed by atoms with Gasteiger partial charge in [0, 0.05) is 12.1 Å². The molecule has 78 valence electrons. The Balaban J connectivity index is 2.73. The molecule has 0 fully saturated rings. The first-order valence-corrected chi connectivity index (χ1v) is 4.49. The Hall–Kier alpha value is -1.36. The molecule has 1 aromatic rings. The van der Waals surface area contributed by atoms with Crippen LogP contribution in [0.4, 0.5) is 0 Å². The first-order chi connectivity index (χ1) is 6.46. The Morgan fingerprint density at radius 2 is 2.36 bits per heavy atom. The van der Waals surface area contributed by atoms with Crippen LogP contribution in [0.5, 0.6) is 0 Å². The quantitative estimate of drug-likeness (QED) is 0.645. The van der Waals surface area contributed by atoms with Crippen molar-refractivity contribution in [2.75, 3.05) is 6.54 Å². The van der Waals surface area contributed by atoms with Crippen molar-refractivity contribution >= 4 is 5.91 Å². The van der Waals surface area contributed by atoms with Gasteiger partial charge in [-0.15, -0.1) is 0 Å². The molecule has 4 N–H and O–H groups in total. The number of carbonyl (C=O) groups excluding carboxylic acids is 1. The maximum Gasteiger partial charge on any atom is 0.270 e. The second-order valence-corrected chi connectivity index (χ2v) is 3.97. The lowest BCUT2D eigenvalue weighted by Gasteiger charge is -2.23. The van der Waals surface area contributed by atoms with Crippen molar-refractivity contribution in [3.8, 4) is 0 Å². The van der Waals surface area contributed by atoms with Crippen molar-refractivity contribution < 1.29 is 4.79 Å². The highest BCUT2D eigenvalue weighted by Crippen LogP contribution is 2.05. The zero-order valence-electron chi connectivity index (χ0n) is 8.72. The average molecular weight is 196 g/mol. The van der Waals surface area contributed by atoms with Crippen LogP contribution in [-0.4, -0.2) is 28.2 Å². The lowest BCUT2D eigenvalue weighted by atomic mass is 10.1. The number of aryl methyl sites for hydroxylation is 1. The normalized spacial score (nSPS) is 11.4. The maximum atomic E-state index is 11.7. The molecule has 0 aliphatic heterocycles. The zero-order chi connectivity index (χ0) is 10.8. The van der Waals surface area contributed by atoms with Crippen LogP contribution in [0.25, 0.3) is 0 Å². The molecule has 0 aliphatic carbocycles. The second kappa shape index (κ2) is 3.79. The van der Waals surface area contributed by atoms with Gasteiger partial charge in [0.15, 0.2) is 0 Å². The number of nitrogens with one attached hydrogen (secondary N) is 2. The highest BCUT2D eigenvalue weighted by atomic mass is 16.2. The molecule has 1 heterocycles. The van der Waals surface area contributed by atoms with Crippen LogP contribution < -0.4 is 11.1 Å². The molecule has 0 aliphatic rings. The minimum atomic E-state index is -0.394. The fourth-order valence-corrected chi connectivity index (χ4v) is 0.997. The number of rotatable bonds is 3. The summed E-state index contributed by atoms with van der Waals surface area (Å²) in [5.74, 6) is -0.171. The summed E-state index contributed by atoms with van der Waals surface area (Å²) in [4.78, 5) is 11.7. The smallest absolute Gasteiger partial charge is 0.270 e. The largest absolute Gasteiger partial charge is 0.345 e. The fraction of sp³-hybridized carbons (Fsp3) is 0.556. The van der Waals surface area contributed by atoms with Gasteiger partial charge in [0.2, 0.25) is 0 Å². The highest BCUT2D eigenvalue weighted by Gasteiger charge is 2.20. The minimum absolute atomic E-state index is 0.171. The van der Waals surface area contributed by atoms with E-state index >= 15 is 0 Å². The molecular weight excluding hydrogens is 180 g/mol. The molecule has 0 saturated carbocycles. The number of hydrogen-bond acceptors (Lipinski definition) is 3. The van der Waals surface area contributed by atoms with Gasteiger partial charge in [-0.2, -0.15) is 5.10 Å². The van der Waals surface area contributed by atoms with Crippen LogP contribution in [0, 0.1) is 6.92 Å². The second-order valence-electron chi connectivity index (χ2n) is 3.97. The predicted molar refractivity (Wildman–Crippen MR) is 53.9 cm³/mol. The molecule has 14 heavy (non-hydrogen) atoms. The van der Waals surface area contributed by atoms with E-state index in [4.69, 9.17) is 5.73 Å². The van der Waals surface area contributed by atoms with Crippen molar-refractivity contribution in [1.29, 1.82) is 0 Å². The Kier molecular flexibility index (Phi) is 2.90. The van der Waals surface area contributed by atoms with E-state index in [9.17, 15) is 4.79 Å². The SMILES string of the molecule is Cc1cn[nH]c1C(=O)NC(C)(C)CN. The Morgan fingerprint density at radius 3 is 2.79 bits per heavy atom. The minimum Gasteiger partial charge on any atom is -0.345 e. The standard InChI is InChI=1S/C9H16N4O/c1-6-4-11-13-7(6)8(14)12-9(2,3)5-10/h4H,5,10H2,1-3H3,(H,11,13)(H,12,14). The van der Waals surface area contributed by atoms with Gasteiger partial charge in [-0.25, -0.2) is 0 Å². The van der Waals surface area contributed by atoms with E-state index in [0.29, 0.717) is 12.2 Å². The van der Waals surface area contributed by atoms with Crippen molar-refractivity contribution in [2.24, 2.45) is 5.73 Å². The number of H-pyrrole nitrogens is 1. The first-order valence-electron chi connectivity index (χ1n) is 4.49. The molecule has 0 aromatic carbocycles. The van der Waals surface area contributed by atoms with Gasteiger partial charge < -0.3 is 11.1 Å². The number of hydrogen-bond donors (Lipinski definition) is 3. The van der Waals surface area contributed by atoms with Gasteiger partial charge in [-0.1, -0.05) is 0 Å². The number of aromatic nitrogens is 2. The fourth-order valence-electron chi connectivity index (χ4n) is 0.997. The highest BCUT2D eigenvalue weighted by molar-refractivity contribution is 5.93. The lowest BCUT2D eigenvalue weighted by Crippen LogP contribution is -2.49. The summed E-state index contributed by atoms with van der Waals surface area (Å²) in [5, 5.41) is 9.24. The third-order valence-electron chi connectivity index (χ3n) is 2.02. The third kappa shape index (κ3) is 2.32. The van der Waals surface area contributed by atoms with Crippen LogP contribution >= 0.6 is 0 Å². The van der Waals surface area contributed by atoms with Crippen LogP contribution in [0.15, 0.2) is 6.20 Å². The Morgan fingerprint density at radius 1 is 1.71 bits per heavy atom. The van der Waals surface area contributed by atoms with Crippen molar-refractivity contribution in [3.05, 3.63) is 17.5 Å². The zero-order valence-corrected chi connectivity index (χ0v) is 8.72. The molecule has 0 unspecified atom stereocenters. The van der Waals surface area contributed by atoms with Crippen molar-refractivity contribution in [3.63, 3.8) is 0 Å². The van der Waals surface area contributed by atoms with E-state index in [1.54, 1.807) is 6.20 Å². The summed E-state index contributed by atoms with van der Waals surface area (Å²) in [5.41, 5.74) is 6.43. The molecule has 0 radical (unpaired) electrons. The van der Waals surface area contributed by atoms with Gasteiger partial charge in [0.25, 0.3) is 5.91 Å². The Labute approximate surface area is 83.1 Å². The van der Waals surface area contributed by atoms with Crippen LogP contribution in [0.2, 0.25) is 0 Å². The molecule has 1 rings (SSSR count). The van der Waals surface area contributed by atoms with Gasteiger partial charge >= 0.3 is 0 Å². The summed E-state index contributed by atoms with van der Waals surface area (Å²) in [6.07, 6.45) is 1.62. The number of nitrogens with two attached hydrogens (primary N) is 1. The molecule has 1 aromatic heterocycles. The average Bonchev–Trinajstić information content (AvgIpc) is 2.51. The molecule has 1 amide bonds. The van der Waals surface area contributed by atoms with Gasteiger partial charge in [0.1, 0.15) is 5.69 Å². The topological polar surface area (TPSA) is 83.8 Å². The molecular formula is C9H16N4O. The number of carbonyl (C=O) groups is 1. The molecule has 5 heteroatoms. The lowest BCUT2D eigenvalue weighted by molar-refractivity contribution is 0.0910. The van der Waals surface area contributed by atoms with E-state index in [1.807, 2.05) is 20.8 Å². The monoisotopic (exact) mass is 196 g/mol. The molecule has 0 saturated heterocycles. The van der Waals surface area contributed by atoms with Crippen molar-refractivity contribution in [1.82, 2.24) is 15.5 Å². The van der Waals surface area contributed by atoms with E-state index in [2.05, 4.69) is 15.5 Å². The van der Waals surface area contributed by atoms with Crippen LogP contribution in [0.1, 0.15) is 29.9 Å². The van der Waals surface area contributed by atoms with Gasteiger partial charge in [0.05, 0.1) is 6.20 Å². The maximum absolute atomic E-state index is 11.7. The van der Waals surface area contributed by atoms with E-state index in [-0.39, 0.29) is 5.91 Å². The van der Waals surface area contributed by atoms with E-state index in [1.165, 1.54) is 0 Å². The van der Waals surface area contributed by atoms with E-state index in [0.717, 1.165) is 5.56 Å². The molecule has 5 nitrogen and oxygen atoms in total. The molecule has 0 bridgehead atoms. The van der Waals surface area contributed by atoms with Crippen LogP contribution in [-0.2, 0) is 0 Å². The molecule has 0 atom stereocenters.